The smallest absolute Gasteiger partial charge is 0.275 e. The molecule has 1 aromatic carbocycles. The quantitative estimate of drug-likeness (QED) is 0.360. The first-order chi connectivity index (χ1) is 5.11. The SMILES string of the molecule is Cc1ccc([N+](=O)[O-])cc1[NH3+].[I-]. The molecule has 0 amide bonds. The van der Waals surface area contributed by atoms with Gasteiger partial charge in [0.25, 0.3) is 5.69 Å². The predicted molar refractivity (Wildman–Crippen MR) is 40.4 cm³/mol. The summed E-state index contributed by atoms with van der Waals surface area (Å²) in [7, 11) is 0. The maximum absolute atomic E-state index is 10.2. The van der Waals surface area contributed by atoms with Gasteiger partial charge in [-0.2, -0.15) is 0 Å². The minimum absolute atomic E-state index is 0. The molecule has 1 rings (SSSR count). The van der Waals surface area contributed by atoms with E-state index >= 15 is 0 Å². The summed E-state index contributed by atoms with van der Waals surface area (Å²) >= 11 is 0. The highest BCUT2D eigenvalue weighted by Gasteiger charge is 2.07. The Kier molecular flexibility index (Phi) is 4.11. The monoisotopic (exact) mass is 280 g/mol. The number of halogens is 1. The van der Waals surface area contributed by atoms with Gasteiger partial charge in [-0.15, -0.1) is 0 Å². The highest BCUT2D eigenvalue weighted by atomic mass is 127. The Morgan fingerprint density at radius 3 is 2.50 bits per heavy atom. The first-order valence-corrected chi connectivity index (χ1v) is 3.18. The highest BCUT2D eigenvalue weighted by Crippen LogP contribution is 2.16. The van der Waals surface area contributed by atoms with Crippen molar-refractivity contribution in [2.75, 3.05) is 0 Å². The normalized spacial score (nSPS) is 8.83. The number of rotatable bonds is 1. The van der Waals surface area contributed by atoms with E-state index in [9.17, 15) is 10.1 Å². The van der Waals surface area contributed by atoms with E-state index in [2.05, 4.69) is 5.73 Å². The molecule has 3 N–H and O–H groups in total. The van der Waals surface area contributed by atoms with E-state index in [1.807, 2.05) is 6.92 Å². The number of non-ortho nitro benzene ring substituents is 1. The summed E-state index contributed by atoms with van der Waals surface area (Å²) in [4.78, 5) is 9.82. The molecule has 0 unspecified atom stereocenters. The molecule has 0 aliphatic rings. The van der Waals surface area contributed by atoms with Crippen molar-refractivity contribution in [2.24, 2.45) is 0 Å². The van der Waals surface area contributed by atoms with Crippen LogP contribution in [0, 0.1) is 17.0 Å². The number of quaternary nitrogens is 1. The second kappa shape index (κ2) is 4.36. The lowest BCUT2D eigenvalue weighted by molar-refractivity contribution is -0.385. The fraction of sp³-hybridized carbons (Fsp3) is 0.143. The zero-order valence-corrected chi connectivity index (χ0v) is 8.74. The Morgan fingerprint density at radius 1 is 1.50 bits per heavy atom. The van der Waals surface area contributed by atoms with Crippen molar-refractivity contribution >= 4 is 11.4 Å². The number of hydrogen-bond donors (Lipinski definition) is 1. The van der Waals surface area contributed by atoms with Crippen LogP contribution in [0.25, 0.3) is 0 Å². The molecule has 0 bridgehead atoms. The molecule has 0 atom stereocenters. The number of nitro groups is 1. The van der Waals surface area contributed by atoms with E-state index < -0.39 is 4.92 Å². The molecule has 5 heteroatoms. The van der Waals surface area contributed by atoms with E-state index in [-0.39, 0.29) is 29.7 Å². The topological polar surface area (TPSA) is 70.8 Å². The van der Waals surface area contributed by atoms with Crippen LogP contribution in [0.3, 0.4) is 0 Å². The Balaban J connectivity index is 0.00000121. The van der Waals surface area contributed by atoms with Crippen LogP contribution in [0.5, 0.6) is 0 Å². The summed E-state index contributed by atoms with van der Waals surface area (Å²) in [5.41, 5.74) is 5.43. The third kappa shape index (κ3) is 2.42. The summed E-state index contributed by atoms with van der Waals surface area (Å²) < 4.78 is 0. The fourth-order valence-electron chi connectivity index (χ4n) is 0.771. The van der Waals surface area contributed by atoms with Crippen LogP contribution in [0.2, 0.25) is 0 Å². The third-order valence-electron chi connectivity index (χ3n) is 1.54. The zero-order valence-electron chi connectivity index (χ0n) is 6.58. The molecule has 0 aliphatic carbocycles. The molecular weight excluding hydrogens is 271 g/mol. The Morgan fingerprint density at radius 2 is 2.08 bits per heavy atom. The molecule has 66 valence electrons. The van der Waals surface area contributed by atoms with Crippen LogP contribution in [0.4, 0.5) is 11.4 Å². The second-order valence-corrected chi connectivity index (χ2v) is 2.37. The van der Waals surface area contributed by atoms with Crippen LogP contribution in [0.1, 0.15) is 5.56 Å². The van der Waals surface area contributed by atoms with E-state index in [0.717, 1.165) is 5.56 Å². The largest absolute Gasteiger partial charge is 1.00 e. The first-order valence-electron chi connectivity index (χ1n) is 3.18. The van der Waals surface area contributed by atoms with Gasteiger partial charge in [0, 0.05) is 11.6 Å². The first kappa shape index (κ1) is 11.3. The van der Waals surface area contributed by atoms with E-state index in [1.54, 1.807) is 6.07 Å². The minimum atomic E-state index is -0.422. The third-order valence-corrected chi connectivity index (χ3v) is 1.54. The number of hydrogen-bond acceptors (Lipinski definition) is 2. The molecule has 1 aromatic rings. The molecule has 12 heavy (non-hydrogen) atoms. The van der Waals surface area contributed by atoms with Crippen LogP contribution < -0.4 is 29.7 Å². The minimum Gasteiger partial charge on any atom is -1.00 e. The van der Waals surface area contributed by atoms with E-state index in [0.29, 0.717) is 5.69 Å². The van der Waals surface area contributed by atoms with Gasteiger partial charge < -0.3 is 29.7 Å². The van der Waals surface area contributed by atoms with Gasteiger partial charge in [0.1, 0.15) is 5.69 Å². The van der Waals surface area contributed by atoms with E-state index in [4.69, 9.17) is 0 Å². The van der Waals surface area contributed by atoms with Crippen molar-refractivity contribution in [1.82, 2.24) is 0 Å². The summed E-state index contributed by atoms with van der Waals surface area (Å²) in [6.07, 6.45) is 0. The van der Waals surface area contributed by atoms with Gasteiger partial charge in [-0.3, -0.25) is 10.1 Å². The maximum Gasteiger partial charge on any atom is 0.275 e. The summed E-state index contributed by atoms with van der Waals surface area (Å²) in [6.45, 7) is 1.87. The van der Waals surface area contributed by atoms with Gasteiger partial charge in [0.05, 0.1) is 11.0 Å². The number of aryl methyl sites for hydroxylation is 1. The second-order valence-electron chi connectivity index (χ2n) is 2.37. The highest BCUT2D eigenvalue weighted by molar-refractivity contribution is 5.47. The Bertz CT molecular complexity index is 301. The van der Waals surface area contributed by atoms with Crippen LogP contribution in [-0.4, -0.2) is 4.92 Å². The molecule has 0 aliphatic heterocycles. The molecule has 0 aromatic heterocycles. The lowest BCUT2D eigenvalue weighted by Crippen LogP contribution is -3.00. The zero-order chi connectivity index (χ0) is 8.43. The van der Waals surface area contributed by atoms with Crippen LogP contribution in [0.15, 0.2) is 18.2 Å². The fourth-order valence-corrected chi connectivity index (χ4v) is 0.771. The average molecular weight is 280 g/mol. The Hall–Kier alpha value is -0.690. The van der Waals surface area contributed by atoms with Crippen molar-refractivity contribution < 1.29 is 34.6 Å². The molecule has 0 saturated carbocycles. The summed E-state index contributed by atoms with van der Waals surface area (Å²) in [6, 6.07) is 4.64. The van der Waals surface area contributed by atoms with Crippen molar-refractivity contribution in [2.45, 2.75) is 6.92 Å². The van der Waals surface area contributed by atoms with Crippen LogP contribution >= 0.6 is 0 Å². The molecule has 0 spiro atoms. The average Bonchev–Trinajstić information content (AvgIpc) is 1.94. The summed E-state index contributed by atoms with van der Waals surface area (Å²) in [5.74, 6) is 0. The lowest BCUT2D eigenvalue weighted by atomic mass is 10.2. The van der Waals surface area contributed by atoms with Crippen molar-refractivity contribution in [3.63, 3.8) is 0 Å². The van der Waals surface area contributed by atoms with Crippen LogP contribution in [-0.2, 0) is 0 Å². The van der Waals surface area contributed by atoms with Crippen molar-refractivity contribution in [3.8, 4) is 0 Å². The maximum atomic E-state index is 10.2. The van der Waals surface area contributed by atoms with Gasteiger partial charge in [-0.25, -0.2) is 0 Å². The Labute approximate surface area is 86.9 Å². The summed E-state index contributed by atoms with van der Waals surface area (Å²) in [5, 5.41) is 10.2. The molecule has 0 saturated heterocycles. The molecular formula is C7H9IN2O2. The van der Waals surface area contributed by atoms with Crippen molar-refractivity contribution in [1.29, 1.82) is 0 Å². The number of nitro benzene ring substituents is 1. The predicted octanol–water partition coefficient (Wildman–Crippen LogP) is -2.22. The van der Waals surface area contributed by atoms with E-state index in [1.165, 1.54) is 12.1 Å². The van der Waals surface area contributed by atoms with Gasteiger partial charge in [0.15, 0.2) is 0 Å². The van der Waals surface area contributed by atoms with Gasteiger partial charge in [-0.05, 0) is 13.0 Å². The lowest BCUT2D eigenvalue weighted by Gasteiger charge is -1.93. The van der Waals surface area contributed by atoms with Crippen molar-refractivity contribution in [3.05, 3.63) is 33.9 Å². The number of benzene rings is 1. The number of nitrogens with zero attached hydrogens (tertiary/aromatic N) is 1. The standard InChI is InChI=1S/C7H8N2O2.HI/c1-5-2-3-6(9(10)11)4-7(5)8;/h2-4H,8H2,1H3;1H. The molecule has 4 nitrogen and oxygen atoms in total. The van der Waals surface area contributed by atoms with Gasteiger partial charge in [-0.1, -0.05) is 0 Å². The molecule has 0 fully saturated rings. The van der Waals surface area contributed by atoms with Gasteiger partial charge in [0.2, 0.25) is 0 Å². The van der Waals surface area contributed by atoms with Gasteiger partial charge >= 0.3 is 0 Å². The molecule has 0 heterocycles. The molecule has 0 radical (unpaired) electrons.